The van der Waals surface area contributed by atoms with Gasteiger partial charge in [0.2, 0.25) is 0 Å². The number of carboxylic acid groups (broad SMARTS) is 2. The molecule has 1 aromatic carbocycles. The van der Waals surface area contributed by atoms with Crippen molar-refractivity contribution in [3.63, 3.8) is 0 Å². The number of hydrogen-bond donors (Lipinski definition) is 2. The number of hydrogen-bond acceptors (Lipinski definition) is 3. The fourth-order valence-electron chi connectivity index (χ4n) is 1.59. The molecule has 1 aromatic rings. The Morgan fingerprint density at radius 2 is 1.84 bits per heavy atom. The van der Waals surface area contributed by atoms with E-state index in [9.17, 15) is 18.4 Å². The fourth-order valence-corrected chi connectivity index (χ4v) is 1.59. The van der Waals surface area contributed by atoms with Gasteiger partial charge in [-0.2, -0.15) is 8.78 Å². The summed E-state index contributed by atoms with van der Waals surface area (Å²) in [6, 6.07) is 3.85. The molecule has 5 nitrogen and oxygen atoms in total. The van der Waals surface area contributed by atoms with Gasteiger partial charge in [-0.25, -0.2) is 0 Å². The molecule has 0 saturated carbocycles. The first-order valence-corrected chi connectivity index (χ1v) is 5.38. The van der Waals surface area contributed by atoms with Gasteiger partial charge in [-0.15, -0.1) is 0 Å². The Bertz CT molecular complexity index is 473. The van der Waals surface area contributed by atoms with Crippen LogP contribution < -0.4 is 4.74 Å². The largest absolute Gasteiger partial charge is 0.481 e. The van der Waals surface area contributed by atoms with Crippen LogP contribution in [0.1, 0.15) is 17.5 Å². The van der Waals surface area contributed by atoms with Gasteiger partial charge in [0.25, 0.3) is 0 Å². The highest BCUT2D eigenvalue weighted by Crippen LogP contribution is 2.21. The van der Waals surface area contributed by atoms with E-state index in [1.165, 1.54) is 18.2 Å². The standard InChI is InChI=1S/C12H12F2O5/c13-12(14)19-9-3-1-7(2-4-10(15)16)8(5-9)6-11(17)18/h1,3,5,12H,2,4,6H2,(H,15,16)(H,17,18). The van der Waals surface area contributed by atoms with Crippen molar-refractivity contribution < 1.29 is 33.3 Å². The highest BCUT2D eigenvalue weighted by atomic mass is 19.3. The number of benzene rings is 1. The van der Waals surface area contributed by atoms with Crippen LogP contribution >= 0.6 is 0 Å². The van der Waals surface area contributed by atoms with Crippen LogP contribution in [0.4, 0.5) is 8.78 Å². The van der Waals surface area contributed by atoms with Crippen LogP contribution in [-0.2, 0) is 22.4 Å². The predicted molar refractivity (Wildman–Crippen MR) is 60.4 cm³/mol. The van der Waals surface area contributed by atoms with Crippen LogP contribution in [0.5, 0.6) is 5.75 Å². The van der Waals surface area contributed by atoms with Gasteiger partial charge >= 0.3 is 18.6 Å². The van der Waals surface area contributed by atoms with Crippen molar-refractivity contribution in [1.29, 1.82) is 0 Å². The Morgan fingerprint density at radius 3 is 2.37 bits per heavy atom. The van der Waals surface area contributed by atoms with Gasteiger partial charge in [0.15, 0.2) is 0 Å². The van der Waals surface area contributed by atoms with Crippen molar-refractivity contribution in [2.75, 3.05) is 0 Å². The van der Waals surface area contributed by atoms with E-state index in [1.807, 2.05) is 0 Å². The monoisotopic (exact) mass is 274 g/mol. The molecule has 0 unspecified atom stereocenters. The first-order valence-electron chi connectivity index (χ1n) is 5.38. The number of alkyl halides is 2. The molecule has 0 amide bonds. The molecule has 0 bridgehead atoms. The topological polar surface area (TPSA) is 83.8 Å². The SMILES string of the molecule is O=C(O)CCc1ccc(OC(F)F)cc1CC(=O)O. The van der Waals surface area contributed by atoms with Gasteiger partial charge < -0.3 is 14.9 Å². The first kappa shape index (κ1) is 14.9. The maximum atomic E-state index is 12.1. The lowest BCUT2D eigenvalue weighted by Gasteiger charge is -2.10. The van der Waals surface area contributed by atoms with Gasteiger partial charge in [0, 0.05) is 6.42 Å². The third-order valence-electron chi connectivity index (χ3n) is 2.35. The summed E-state index contributed by atoms with van der Waals surface area (Å²) in [4.78, 5) is 21.2. The van der Waals surface area contributed by atoms with Crippen molar-refractivity contribution in [3.8, 4) is 5.75 Å². The molecular weight excluding hydrogens is 262 g/mol. The maximum absolute atomic E-state index is 12.1. The Morgan fingerprint density at radius 1 is 1.16 bits per heavy atom. The molecule has 0 aliphatic carbocycles. The normalized spacial score (nSPS) is 10.5. The van der Waals surface area contributed by atoms with Crippen molar-refractivity contribution in [2.24, 2.45) is 0 Å². The number of aryl methyl sites for hydroxylation is 1. The zero-order valence-corrected chi connectivity index (χ0v) is 9.81. The van der Waals surface area contributed by atoms with Crippen molar-refractivity contribution in [1.82, 2.24) is 0 Å². The smallest absolute Gasteiger partial charge is 0.387 e. The maximum Gasteiger partial charge on any atom is 0.387 e. The van der Waals surface area contributed by atoms with Crippen LogP contribution in [-0.4, -0.2) is 28.8 Å². The molecule has 0 fully saturated rings. The highest BCUT2D eigenvalue weighted by Gasteiger charge is 2.12. The van der Waals surface area contributed by atoms with Crippen molar-refractivity contribution in [3.05, 3.63) is 29.3 Å². The summed E-state index contributed by atoms with van der Waals surface area (Å²) in [5, 5.41) is 17.3. The highest BCUT2D eigenvalue weighted by molar-refractivity contribution is 5.71. The first-order chi connectivity index (χ1) is 8.88. The van der Waals surface area contributed by atoms with Crippen LogP contribution in [0.15, 0.2) is 18.2 Å². The molecule has 0 saturated heterocycles. The number of halogens is 2. The molecule has 19 heavy (non-hydrogen) atoms. The summed E-state index contributed by atoms with van der Waals surface area (Å²) >= 11 is 0. The molecule has 7 heteroatoms. The average molecular weight is 274 g/mol. The summed E-state index contributed by atoms with van der Waals surface area (Å²) in [7, 11) is 0. The van der Waals surface area contributed by atoms with E-state index in [-0.39, 0.29) is 30.6 Å². The number of carboxylic acids is 2. The van der Waals surface area contributed by atoms with E-state index in [4.69, 9.17) is 10.2 Å². The number of ether oxygens (including phenoxy) is 1. The molecule has 1 rings (SSSR count). The van der Waals surface area contributed by atoms with E-state index in [0.29, 0.717) is 5.56 Å². The second-order valence-electron chi connectivity index (χ2n) is 3.77. The Kier molecular flexibility index (Phi) is 5.23. The molecule has 0 aliphatic rings. The lowest BCUT2D eigenvalue weighted by molar-refractivity contribution is -0.137. The minimum absolute atomic E-state index is 0.132. The zero-order valence-electron chi connectivity index (χ0n) is 9.81. The second-order valence-corrected chi connectivity index (χ2v) is 3.77. The number of carbonyl (C=O) groups is 2. The zero-order chi connectivity index (χ0) is 14.4. The van der Waals surface area contributed by atoms with E-state index in [2.05, 4.69) is 4.74 Å². The summed E-state index contributed by atoms with van der Waals surface area (Å²) < 4.78 is 28.3. The average Bonchev–Trinajstić information content (AvgIpc) is 2.26. The lowest BCUT2D eigenvalue weighted by atomic mass is 10.00. The quantitative estimate of drug-likeness (QED) is 0.793. The predicted octanol–water partition coefficient (Wildman–Crippen LogP) is 1.93. The van der Waals surface area contributed by atoms with Gasteiger partial charge in [0.05, 0.1) is 6.42 Å². The number of aliphatic carboxylic acids is 2. The molecular formula is C12H12F2O5. The van der Waals surface area contributed by atoms with Gasteiger partial charge in [-0.3, -0.25) is 9.59 Å². The van der Waals surface area contributed by atoms with Gasteiger partial charge in [-0.05, 0) is 29.7 Å². The summed E-state index contributed by atoms with van der Waals surface area (Å²) in [5.41, 5.74) is 0.762. The minimum Gasteiger partial charge on any atom is -0.481 e. The lowest BCUT2D eigenvalue weighted by Crippen LogP contribution is -2.08. The minimum atomic E-state index is -3.00. The molecule has 104 valence electrons. The van der Waals surface area contributed by atoms with Crippen LogP contribution in [0.25, 0.3) is 0 Å². The Hall–Kier alpha value is -2.18. The third kappa shape index (κ3) is 5.33. The van der Waals surface area contributed by atoms with E-state index in [0.717, 1.165) is 0 Å². The van der Waals surface area contributed by atoms with Gasteiger partial charge in [0.1, 0.15) is 5.75 Å². The summed E-state index contributed by atoms with van der Waals surface area (Å²) in [5.74, 6) is -2.30. The molecule has 0 aliphatic heterocycles. The molecule has 0 atom stereocenters. The molecule has 0 spiro atoms. The fraction of sp³-hybridized carbons (Fsp3) is 0.333. The molecule has 0 heterocycles. The molecule has 2 N–H and O–H groups in total. The van der Waals surface area contributed by atoms with Crippen LogP contribution in [0.2, 0.25) is 0 Å². The van der Waals surface area contributed by atoms with E-state index >= 15 is 0 Å². The Balaban J connectivity index is 2.94. The number of rotatable bonds is 7. The summed E-state index contributed by atoms with van der Waals surface area (Å²) in [6.07, 6.45) is -0.413. The van der Waals surface area contributed by atoms with Crippen molar-refractivity contribution >= 4 is 11.9 Å². The van der Waals surface area contributed by atoms with Gasteiger partial charge in [-0.1, -0.05) is 6.07 Å². The van der Waals surface area contributed by atoms with Crippen LogP contribution in [0.3, 0.4) is 0 Å². The molecule has 0 aromatic heterocycles. The van der Waals surface area contributed by atoms with E-state index in [1.54, 1.807) is 0 Å². The molecule has 0 radical (unpaired) electrons. The Labute approximate surface area is 107 Å². The van der Waals surface area contributed by atoms with E-state index < -0.39 is 18.6 Å². The van der Waals surface area contributed by atoms with Crippen molar-refractivity contribution in [2.45, 2.75) is 25.9 Å². The summed E-state index contributed by atoms with van der Waals surface area (Å²) in [6.45, 7) is -3.00. The second kappa shape index (κ2) is 6.67. The third-order valence-corrected chi connectivity index (χ3v) is 2.35. The van der Waals surface area contributed by atoms with Crippen LogP contribution in [0, 0.1) is 0 Å².